The standard InChI is InChI=1S/C15H29NO/c1-4-12(2)13(3)16-11-14-7-10-15(17-14)8-5-6-9-15/h12-14,16H,4-11H2,1-3H3. The molecule has 1 saturated heterocycles. The second-order valence-electron chi connectivity index (χ2n) is 6.25. The van der Waals surface area contributed by atoms with Crippen LogP contribution in [0.3, 0.4) is 0 Å². The van der Waals surface area contributed by atoms with Crippen molar-refractivity contribution in [1.29, 1.82) is 0 Å². The van der Waals surface area contributed by atoms with Gasteiger partial charge >= 0.3 is 0 Å². The Kier molecular flexibility index (Phi) is 4.48. The Labute approximate surface area is 107 Å². The molecule has 1 aliphatic heterocycles. The highest BCUT2D eigenvalue weighted by Gasteiger charge is 2.41. The first kappa shape index (κ1) is 13.4. The Bertz CT molecular complexity index is 235. The minimum atomic E-state index is 0.298. The minimum Gasteiger partial charge on any atom is -0.370 e. The van der Waals surface area contributed by atoms with Gasteiger partial charge in [0, 0.05) is 12.6 Å². The SMILES string of the molecule is CCC(C)C(C)NCC1CCC2(CCCC2)O1. The van der Waals surface area contributed by atoms with Gasteiger partial charge in [-0.25, -0.2) is 0 Å². The van der Waals surface area contributed by atoms with Crippen molar-refractivity contribution < 1.29 is 4.74 Å². The van der Waals surface area contributed by atoms with Crippen molar-refractivity contribution in [3.8, 4) is 0 Å². The highest BCUT2D eigenvalue weighted by Crippen LogP contribution is 2.43. The first-order valence-electron chi connectivity index (χ1n) is 7.56. The molecule has 3 atom stereocenters. The van der Waals surface area contributed by atoms with E-state index in [1.54, 1.807) is 0 Å². The van der Waals surface area contributed by atoms with E-state index in [9.17, 15) is 0 Å². The van der Waals surface area contributed by atoms with Gasteiger partial charge in [0.1, 0.15) is 0 Å². The predicted octanol–water partition coefficient (Wildman–Crippen LogP) is 3.50. The van der Waals surface area contributed by atoms with Gasteiger partial charge in [0.2, 0.25) is 0 Å². The normalized spacial score (nSPS) is 30.9. The molecule has 0 bridgehead atoms. The molecule has 0 aromatic carbocycles. The first-order valence-corrected chi connectivity index (χ1v) is 7.56. The minimum absolute atomic E-state index is 0.298. The molecule has 1 spiro atoms. The van der Waals surface area contributed by atoms with Gasteiger partial charge in [-0.05, 0) is 38.5 Å². The summed E-state index contributed by atoms with van der Waals surface area (Å²) in [5.41, 5.74) is 0.298. The van der Waals surface area contributed by atoms with Gasteiger partial charge in [-0.15, -0.1) is 0 Å². The fraction of sp³-hybridized carbons (Fsp3) is 1.00. The van der Waals surface area contributed by atoms with E-state index < -0.39 is 0 Å². The lowest BCUT2D eigenvalue weighted by Crippen LogP contribution is -2.38. The molecular weight excluding hydrogens is 210 g/mol. The second-order valence-corrected chi connectivity index (χ2v) is 6.25. The van der Waals surface area contributed by atoms with Crippen LogP contribution >= 0.6 is 0 Å². The number of rotatable bonds is 5. The van der Waals surface area contributed by atoms with Crippen LogP contribution in [0, 0.1) is 5.92 Å². The lowest BCUT2D eigenvalue weighted by atomic mass is 9.98. The van der Waals surface area contributed by atoms with Gasteiger partial charge in [-0.2, -0.15) is 0 Å². The molecule has 1 saturated carbocycles. The van der Waals surface area contributed by atoms with E-state index in [1.165, 1.54) is 44.9 Å². The Hall–Kier alpha value is -0.0800. The Morgan fingerprint density at radius 1 is 1.24 bits per heavy atom. The van der Waals surface area contributed by atoms with E-state index >= 15 is 0 Å². The van der Waals surface area contributed by atoms with Crippen LogP contribution in [0.4, 0.5) is 0 Å². The van der Waals surface area contributed by atoms with Crippen molar-refractivity contribution in [2.45, 2.75) is 83.5 Å². The number of hydrogen-bond acceptors (Lipinski definition) is 2. The van der Waals surface area contributed by atoms with E-state index in [-0.39, 0.29) is 0 Å². The average Bonchev–Trinajstić information content (AvgIpc) is 2.96. The molecule has 2 heteroatoms. The van der Waals surface area contributed by atoms with Gasteiger partial charge in [0.15, 0.2) is 0 Å². The number of ether oxygens (including phenoxy) is 1. The lowest BCUT2D eigenvalue weighted by molar-refractivity contribution is -0.0361. The highest BCUT2D eigenvalue weighted by atomic mass is 16.5. The van der Waals surface area contributed by atoms with Gasteiger partial charge in [0.05, 0.1) is 11.7 Å². The van der Waals surface area contributed by atoms with Crippen molar-refractivity contribution in [2.24, 2.45) is 5.92 Å². The van der Waals surface area contributed by atoms with Crippen molar-refractivity contribution in [3.05, 3.63) is 0 Å². The molecule has 2 aliphatic rings. The van der Waals surface area contributed by atoms with E-state index in [2.05, 4.69) is 26.1 Å². The Balaban J connectivity index is 1.71. The van der Waals surface area contributed by atoms with Crippen molar-refractivity contribution in [1.82, 2.24) is 5.32 Å². The van der Waals surface area contributed by atoms with E-state index in [1.807, 2.05) is 0 Å². The van der Waals surface area contributed by atoms with E-state index in [4.69, 9.17) is 4.74 Å². The van der Waals surface area contributed by atoms with Crippen LogP contribution < -0.4 is 5.32 Å². The molecule has 0 amide bonds. The van der Waals surface area contributed by atoms with Crippen LogP contribution in [-0.2, 0) is 4.74 Å². The smallest absolute Gasteiger partial charge is 0.0708 e. The van der Waals surface area contributed by atoms with Crippen LogP contribution in [-0.4, -0.2) is 24.3 Å². The largest absolute Gasteiger partial charge is 0.370 e. The van der Waals surface area contributed by atoms with Crippen LogP contribution in [0.2, 0.25) is 0 Å². The first-order chi connectivity index (χ1) is 8.15. The third-order valence-electron chi connectivity index (χ3n) is 5.02. The summed E-state index contributed by atoms with van der Waals surface area (Å²) in [5.74, 6) is 0.761. The molecule has 0 aromatic rings. The fourth-order valence-electron chi connectivity index (χ4n) is 3.30. The third kappa shape index (κ3) is 3.23. The zero-order chi connectivity index (χ0) is 12.3. The monoisotopic (exact) mass is 239 g/mol. The van der Waals surface area contributed by atoms with Crippen molar-refractivity contribution in [2.75, 3.05) is 6.54 Å². The topological polar surface area (TPSA) is 21.3 Å². The maximum Gasteiger partial charge on any atom is 0.0708 e. The molecule has 0 radical (unpaired) electrons. The molecule has 2 nitrogen and oxygen atoms in total. The highest BCUT2D eigenvalue weighted by molar-refractivity contribution is 4.93. The van der Waals surface area contributed by atoms with E-state index in [0.29, 0.717) is 17.7 Å². The van der Waals surface area contributed by atoms with Crippen LogP contribution in [0.15, 0.2) is 0 Å². The molecule has 17 heavy (non-hydrogen) atoms. The van der Waals surface area contributed by atoms with Crippen molar-refractivity contribution in [3.63, 3.8) is 0 Å². The lowest BCUT2D eigenvalue weighted by Gasteiger charge is -2.26. The van der Waals surface area contributed by atoms with Crippen LogP contribution in [0.25, 0.3) is 0 Å². The summed E-state index contributed by atoms with van der Waals surface area (Å²) in [6.07, 6.45) is 9.67. The average molecular weight is 239 g/mol. The molecule has 2 rings (SSSR count). The van der Waals surface area contributed by atoms with Crippen molar-refractivity contribution >= 4 is 0 Å². The summed E-state index contributed by atoms with van der Waals surface area (Å²) in [4.78, 5) is 0. The zero-order valence-corrected chi connectivity index (χ0v) is 11.8. The zero-order valence-electron chi connectivity index (χ0n) is 11.8. The molecule has 2 fully saturated rings. The van der Waals surface area contributed by atoms with Gasteiger partial charge in [0.25, 0.3) is 0 Å². The molecule has 100 valence electrons. The quantitative estimate of drug-likeness (QED) is 0.793. The third-order valence-corrected chi connectivity index (χ3v) is 5.02. The van der Waals surface area contributed by atoms with Gasteiger partial charge < -0.3 is 10.1 Å². The number of nitrogens with one attached hydrogen (secondary N) is 1. The predicted molar refractivity (Wildman–Crippen MR) is 72.2 cm³/mol. The maximum absolute atomic E-state index is 6.31. The summed E-state index contributed by atoms with van der Waals surface area (Å²) < 4.78 is 6.31. The fourth-order valence-corrected chi connectivity index (χ4v) is 3.30. The molecule has 1 N–H and O–H groups in total. The summed E-state index contributed by atoms with van der Waals surface area (Å²) in [5, 5.41) is 3.66. The molecular formula is C15H29NO. The maximum atomic E-state index is 6.31. The van der Waals surface area contributed by atoms with E-state index in [0.717, 1.165) is 12.5 Å². The Morgan fingerprint density at radius 3 is 2.59 bits per heavy atom. The molecule has 1 heterocycles. The Morgan fingerprint density at radius 2 is 1.94 bits per heavy atom. The summed E-state index contributed by atoms with van der Waals surface area (Å²) >= 11 is 0. The summed E-state index contributed by atoms with van der Waals surface area (Å²) in [7, 11) is 0. The second kappa shape index (κ2) is 5.71. The van der Waals surface area contributed by atoms with Gasteiger partial charge in [-0.1, -0.05) is 33.1 Å². The molecule has 1 aliphatic carbocycles. The number of hydrogen-bond donors (Lipinski definition) is 1. The summed E-state index contributed by atoms with van der Waals surface area (Å²) in [6.45, 7) is 7.94. The van der Waals surface area contributed by atoms with Crippen LogP contribution in [0.5, 0.6) is 0 Å². The van der Waals surface area contributed by atoms with Gasteiger partial charge in [-0.3, -0.25) is 0 Å². The molecule has 0 aromatic heterocycles. The van der Waals surface area contributed by atoms with Crippen LogP contribution in [0.1, 0.15) is 65.7 Å². The molecule has 3 unspecified atom stereocenters. The summed E-state index contributed by atoms with van der Waals surface area (Å²) in [6, 6.07) is 0.615.